The molecule has 1 aliphatic rings. The first-order valence-corrected chi connectivity index (χ1v) is 10.8. The first-order chi connectivity index (χ1) is 13.1. The second-order valence-electron chi connectivity index (χ2n) is 7.27. The number of likely N-dealkylation sites (N-methyl/N-ethyl adjacent to an activating group) is 1. The Balaban J connectivity index is 0.00000126. The van der Waals surface area contributed by atoms with E-state index in [2.05, 4.69) is 79.4 Å². The highest BCUT2D eigenvalue weighted by Gasteiger charge is 2.41. The van der Waals surface area contributed by atoms with Crippen LogP contribution < -0.4 is 10.6 Å². The fourth-order valence-electron chi connectivity index (χ4n) is 3.49. The standard InChI is InChI=1S/C21H29N3S.C2H6/c1-5-23-13-21(22-4)14-24(15-21)12-17-8-6-7-9-18(17)20-11-10-19(25-20)16(2)3;1-2/h5-11,16,22-23H,1,12-15H2,2-4H3;1-2H3. The van der Waals surface area contributed by atoms with Gasteiger partial charge in [0.1, 0.15) is 0 Å². The molecule has 27 heavy (non-hydrogen) atoms. The summed E-state index contributed by atoms with van der Waals surface area (Å²) in [5.41, 5.74) is 2.96. The average Bonchev–Trinajstić information content (AvgIpc) is 3.16. The summed E-state index contributed by atoms with van der Waals surface area (Å²) in [6.45, 7) is 16.3. The first kappa shape index (κ1) is 21.7. The van der Waals surface area contributed by atoms with Gasteiger partial charge in [-0.2, -0.15) is 0 Å². The van der Waals surface area contributed by atoms with Crippen LogP contribution in [0.4, 0.5) is 0 Å². The van der Waals surface area contributed by atoms with Gasteiger partial charge in [0.25, 0.3) is 0 Å². The summed E-state index contributed by atoms with van der Waals surface area (Å²) in [6.07, 6.45) is 1.78. The number of thiophene rings is 1. The zero-order valence-corrected chi connectivity index (χ0v) is 18.3. The van der Waals surface area contributed by atoms with Crippen LogP contribution in [0.3, 0.4) is 0 Å². The van der Waals surface area contributed by atoms with E-state index in [1.54, 1.807) is 6.20 Å². The molecule has 148 valence electrons. The monoisotopic (exact) mass is 385 g/mol. The van der Waals surface area contributed by atoms with Crippen LogP contribution in [-0.4, -0.2) is 37.1 Å². The number of nitrogens with zero attached hydrogens (tertiary/aromatic N) is 1. The van der Waals surface area contributed by atoms with E-state index in [0.29, 0.717) is 5.92 Å². The van der Waals surface area contributed by atoms with Gasteiger partial charge >= 0.3 is 0 Å². The van der Waals surface area contributed by atoms with Crippen molar-refractivity contribution < 1.29 is 0 Å². The first-order valence-electron chi connectivity index (χ1n) is 10.0. The summed E-state index contributed by atoms with van der Waals surface area (Å²) in [6, 6.07) is 13.4. The number of benzene rings is 1. The largest absolute Gasteiger partial charge is 0.389 e. The quantitative estimate of drug-likeness (QED) is 0.664. The van der Waals surface area contributed by atoms with Crippen LogP contribution in [0, 0.1) is 0 Å². The molecule has 2 N–H and O–H groups in total. The molecule has 0 bridgehead atoms. The Morgan fingerprint density at radius 3 is 2.48 bits per heavy atom. The van der Waals surface area contributed by atoms with Crippen LogP contribution in [0.5, 0.6) is 0 Å². The van der Waals surface area contributed by atoms with Gasteiger partial charge < -0.3 is 10.6 Å². The number of nitrogens with one attached hydrogen (secondary N) is 2. The number of hydrogen-bond acceptors (Lipinski definition) is 4. The van der Waals surface area contributed by atoms with Gasteiger partial charge in [-0.1, -0.05) is 58.5 Å². The molecule has 1 aromatic carbocycles. The van der Waals surface area contributed by atoms with E-state index < -0.39 is 0 Å². The minimum absolute atomic E-state index is 0.164. The zero-order valence-electron chi connectivity index (χ0n) is 17.5. The highest BCUT2D eigenvalue weighted by Crippen LogP contribution is 2.35. The van der Waals surface area contributed by atoms with Crippen molar-refractivity contribution in [1.29, 1.82) is 0 Å². The molecule has 2 heterocycles. The topological polar surface area (TPSA) is 27.3 Å². The number of hydrogen-bond donors (Lipinski definition) is 2. The Kier molecular flexibility index (Phi) is 8.08. The van der Waals surface area contributed by atoms with Gasteiger partial charge in [-0.05, 0) is 42.4 Å². The summed E-state index contributed by atoms with van der Waals surface area (Å²) in [5.74, 6) is 0.592. The minimum atomic E-state index is 0.164. The van der Waals surface area contributed by atoms with E-state index in [1.807, 2.05) is 25.2 Å². The van der Waals surface area contributed by atoms with Gasteiger partial charge in [0.05, 0.1) is 5.54 Å². The molecule has 0 saturated carbocycles. The number of rotatable bonds is 8. The SMILES string of the molecule is C=CNCC1(NC)CN(Cc2ccccc2-c2ccc(C(C)C)s2)C1.CC. The third kappa shape index (κ3) is 5.22. The van der Waals surface area contributed by atoms with E-state index >= 15 is 0 Å². The average molecular weight is 386 g/mol. The molecule has 3 nitrogen and oxygen atoms in total. The van der Waals surface area contributed by atoms with Gasteiger partial charge in [-0.15, -0.1) is 11.3 Å². The van der Waals surface area contributed by atoms with Crippen LogP contribution in [0.15, 0.2) is 49.2 Å². The molecule has 4 heteroatoms. The lowest BCUT2D eigenvalue weighted by Gasteiger charge is -2.50. The van der Waals surface area contributed by atoms with Crippen LogP contribution >= 0.6 is 11.3 Å². The predicted octanol–water partition coefficient (Wildman–Crippen LogP) is 5.07. The van der Waals surface area contributed by atoms with Crippen molar-refractivity contribution in [2.24, 2.45) is 0 Å². The maximum absolute atomic E-state index is 3.75. The molecule has 1 fully saturated rings. The summed E-state index contributed by atoms with van der Waals surface area (Å²) >= 11 is 1.92. The smallest absolute Gasteiger partial charge is 0.0609 e. The minimum Gasteiger partial charge on any atom is -0.389 e. The van der Waals surface area contributed by atoms with E-state index in [-0.39, 0.29) is 5.54 Å². The Morgan fingerprint density at radius 1 is 1.19 bits per heavy atom. The second kappa shape index (κ2) is 10.1. The van der Waals surface area contributed by atoms with E-state index in [0.717, 1.165) is 26.2 Å². The summed E-state index contributed by atoms with van der Waals surface area (Å²) in [7, 11) is 2.05. The fraction of sp³-hybridized carbons (Fsp3) is 0.478. The molecular weight excluding hydrogens is 350 g/mol. The molecule has 0 radical (unpaired) electrons. The Hall–Kier alpha value is -1.62. The van der Waals surface area contributed by atoms with Gasteiger partial charge in [0.2, 0.25) is 0 Å². The van der Waals surface area contributed by atoms with Crippen molar-refractivity contribution in [2.45, 2.75) is 45.7 Å². The highest BCUT2D eigenvalue weighted by molar-refractivity contribution is 7.15. The Bertz CT molecular complexity index is 714. The normalized spacial score (nSPS) is 15.6. The molecule has 1 saturated heterocycles. The van der Waals surface area contributed by atoms with Crippen molar-refractivity contribution in [1.82, 2.24) is 15.5 Å². The van der Waals surface area contributed by atoms with Gasteiger partial charge in [-0.3, -0.25) is 4.90 Å². The molecule has 1 aliphatic heterocycles. The van der Waals surface area contributed by atoms with Crippen molar-refractivity contribution in [3.05, 3.63) is 59.6 Å². The van der Waals surface area contributed by atoms with E-state index in [9.17, 15) is 0 Å². The molecule has 0 spiro atoms. The van der Waals surface area contributed by atoms with E-state index in [1.165, 1.54) is 20.9 Å². The van der Waals surface area contributed by atoms with Crippen molar-refractivity contribution >= 4 is 11.3 Å². The zero-order chi connectivity index (χ0) is 19.9. The summed E-state index contributed by atoms with van der Waals surface area (Å²) < 4.78 is 0. The maximum atomic E-state index is 3.75. The van der Waals surface area contributed by atoms with Crippen LogP contribution in [0.1, 0.15) is 44.1 Å². The Morgan fingerprint density at radius 2 is 1.89 bits per heavy atom. The molecule has 0 unspecified atom stereocenters. The van der Waals surface area contributed by atoms with E-state index in [4.69, 9.17) is 0 Å². The fourth-order valence-corrected chi connectivity index (χ4v) is 4.57. The van der Waals surface area contributed by atoms with Crippen molar-refractivity contribution in [3.63, 3.8) is 0 Å². The molecule has 2 aromatic rings. The molecule has 3 rings (SSSR count). The lowest BCUT2D eigenvalue weighted by Crippen LogP contribution is -2.71. The second-order valence-corrected chi connectivity index (χ2v) is 8.39. The van der Waals surface area contributed by atoms with Gasteiger partial charge in [0, 0.05) is 35.9 Å². The third-order valence-electron chi connectivity index (χ3n) is 5.04. The van der Waals surface area contributed by atoms with Crippen molar-refractivity contribution in [2.75, 3.05) is 26.7 Å². The van der Waals surface area contributed by atoms with Crippen LogP contribution in [0.2, 0.25) is 0 Å². The lowest BCUT2D eigenvalue weighted by molar-refractivity contribution is 0.0424. The third-order valence-corrected chi connectivity index (χ3v) is 6.46. The lowest BCUT2D eigenvalue weighted by atomic mass is 9.89. The molecular formula is C23H35N3S. The van der Waals surface area contributed by atoms with Gasteiger partial charge in [0.15, 0.2) is 0 Å². The number of likely N-dealkylation sites (tertiary alicyclic amines) is 1. The molecule has 1 aromatic heterocycles. The van der Waals surface area contributed by atoms with Crippen molar-refractivity contribution in [3.8, 4) is 10.4 Å². The predicted molar refractivity (Wildman–Crippen MR) is 120 cm³/mol. The van der Waals surface area contributed by atoms with Crippen LogP contribution in [-0.2, 0) is 6.54 Å². The maximum Gasteiger partial charge on any atom is 0.0609 e. The van der Waals surface area contributed by atoms with Crippen LogP contribution in [0.25, 0.3) is 10.4 Å². The summed E-state index contributed by atoms with van der Waals surface area (Å²) in [4.78, 5) is 5.35. The molecule has 0 amide bonds. The molecule has 0 aliphatic carbocycles. The molecule has 0 atom stereocenters. The Labute approximate surface area is 169 Å². The highest BCUT2D eigenvalue weighted by atomic mass is 32.1. The van der Waals surface area contributed by atoms with Gasteiger partial charge in [-0.25, -0.2) is 0 Å². The summed E-state index contributed by atoms with van der Waals surface area (Å²) in [5, 5.41) is 6.73.